The van der Waals surface area contributed by atoms with Crippen LogP contribution in [0.15, 0.2) is 36.0 Å². The minimum atomic E-state index is -0.633. The number of nitrogens with zero attached hydrogens (tertiary/aromatic N) is 2. The number of aliphatic hydroxyl groups excluding tert-OH is 1. The molecular formula is C32H39FN2O5S. The van der Waals surface area contributed by atoms with E-state index in [1.807, 2.05) is 17.8 Å². The van der Waals surface area contributed by atoms with Gasteiger partial charge in [-0.3, -0.25) is 4.79 Å². The molecule has 0 saturated heterocycles. The number of carbonyl (C=O) groups is 2. The Bertz CT molecular complexity index is 1370. The second-order valence-corrected chi connectivity index (χ2v) is 13.9. The highest BCUT2D eigenvalue weighted by Gasteiger charge is 2.63. The molecule has 4 aliphatic carbocycles. The highest BCUT2D eigenvalue weighted by molar-refractivity contribution is 8.13. The number of methoxy groups -OCH3 is 1. The number of rotatable bonds is 5. The van der Waals surface area contributed by atoms with E-state index in [0.29, 0.717) is 18.3 Å². The first-order valence-electron chi connectivity index (χ1n) is 14.7. The smallest absolute Gasteiger partial charge is 0.377 e. The molecule has 1 heterocycles. The molecule has 8 atom stereocenters. The summed E-state index contributed by atoms with van der Waals surface area (Å²) in [5, 5.41) is 15.9. The molecule has 220 valence electrons. The van der Waals surface area contributed by atoms with Crippen LogP contribution in [0, 0.1) is 46.2 Å². The van der Waals surface area contributed by atoms with Crippen LogP contribution in [0.25, 0.3) is 11.8 Å². The third-order valence-electron chi connectivity index (χ3n) is 11.0. The maximum absolute atomic E-state index is 13.5. The summed E-state index contributed by atoms with van der Waals surface area (Å²) >= 11 is 0.837. The van der Waals surface area contributed by atoms with Crippen molar-refractivity contribution < 1.29 is 28.6 Å². The predicted molar refractivity (Wildman–Crippen MR) is 155 cm³/mol. The summed E-state index contributed by atoms with van der Waals surface area (Å²) in [5.41, 5.74) is 4.01. The van der Waals surface area contributed by atoms with Crippen molar-refractivity contribution in [3.8, 4) is 5.69 Å². The van der Waals surface area contributed by atoms with Gasteiger partial charge in [0.05, 0.1) is 29.6 Å². The van der Waals surface area contributed by atoms with Crippen LogP contribution in [0.3, 0.4) is 0 Å². The Balaban J connectivity index is 1.24. The van der Waals surface area contributed by atoms with Crippen molar-refractivity contribution in [2.24, 2.45) is 40.4 Å². The molecule has 3 saturated carbocycles. The third-order valence-corrected chi connectivity index (χ3v) is 11.7. The standard InChI is InChI=1S/C32H39FN2O5S/c1-18(29(37)40-30(38)41-17-39-4)24-11-12-25-23-10-5-20-13-26-19(16-34-35(26)22-8-6-21(33)7-9-22)14-31(20,2)28(23)27(36)15-32(24,25)3/h6-9,13,16,18,23-25,27-28,36H,5,10-12,14-15,17H2,1-4H3/t18?,23-,24+,25-,27-,28+,31?,32+/m0/s1. The van der Waals surface area contributed by atoms with E-state index in [1.165, 1.54) is 24.8 Å². The Morgan fingerprint density at radius 3 is 2.71 bits per heavy atom. The predicted octanol–water partition coefficient (Wildman–Crippen LogP) is 6.42. The van der Waals surface area contributed by atoms with Crippen molar-refractivity contribution in [3.05, 3.63) is 53.1 Å². The maximum Gasteiger partial charge on any atom is 0.377 e. The van der Waals surface area contributed by atoms with Crippen molar-refractivity contribution in [2.45, 2.75) is 65.4 Å². The van der Waals surface area contributed by atoms with E-state index >= 15 is 0 Å². The number of aliphatic hydroxyl groups is 1. The number of halogens is 1. The second-order valence-electron chi connectivity index (χ2n) is 13.0. The van der Waals surface area contributed by atoms with E-state index in [-0.39, 0.29) is 34.4 Å². The van der Waals surface area contributed by atoms with Crippen molar-refractivity contribution in [2.75, 3.05) is 13.0 Å². The quantitative estimate of drug-likeness (QED) is 0.247. The van der Waals surface area contributed by atoms with Gasteiger partial charge in [0.25, 0.3) is 0 Å². The largest absolute Gasteiger partial charge is 0.393 e. The molecule has 3 fully saturated rings. The first-order chi connectivity index (χ1) is 19.6. The Morgan fingerprint density at radius 1 is 1.22 bits per heavy atom. The summed E-state index contributed by atoms with van der Waals surface area (Å²) in [6, 6.07) is 6.41. The number of fused-ring (bicyclic) bond motifs is 6. The molecule has 0 spiro atoms. The first-order valence-corrected chi connectivity index (χ1v) is 15.6. The summed E-state index contributed by atoms with van der Waals surface area (Å²) in [7, 11) is 1.49. The summed E-state index contributed by atoms with van der Waals surface area (Å²) < 4.78 is 25.5. The van der Waals surface area contributed by atoms with Crippen LogP contribution in [0.4, 0.5) is 9.18 Å². The van der Waals surface area contributed by atoms with Crippen LogP contribution >= 0.6 is 11.8 Å². The molecule has 6 rings (SSSR count). The number of carbonyl (C=O) groups excluding carboxylic acids is 2. The molecule has 2 aromatic rings. The molecule has 7 nitrogen and oxygen atoms in total. The normalized spacial score (nSPS) is 34.5. The molecule has 0 aliphatic heterocycles. The van der Waals surface area contributed by atoms with E-state index in [4.69, 9.17) is 9.47 Å². The number of aromatic nitrogens is 2. The Hall–Kier alpha value is -2.49. The minimum absolute atomic E-state index is 0.0486. The third kappa shape index (κ3) is 4.68. The van der Waals surface area contributed by atoms with Crippen LogP contribution in [-0.2, 0) is 20.7 Å². The van der Waals surface area contributed by atoms with Gasteiger partial charge in [-0.05, 0) is 121 Å². The zero-order valence-electron chi connectivity index (χ0n) is 24.1. The van der Waals surface area contributed by atoms with E-state index in [0.717, 1.165) is 60.8 Å². The van der Waals surface area contributed by atoms with Crippen molar-refractivity contribution in [1.29, 1.82) is 0 Å². The van der Waals surface area contributed by atoms with E-state index in [1.54, 1.807) is 12.1 Å². The van der Waals surface area contributed by atoms with Gasteiger partial charge in [-0.25, -0.2) is 13.9 Å². The van der Waals surface area contributed by atoms with Crippen LogP contribution < -0.4 is 0 Å². The SMILES string of the molecule is COCSC(=O)OC(=O)C(C)[C@H]1CC[C@H]2[C@@H]3CCC4=Cc5c(cnn5-c5ccc(F)cc5)CC4(C)[C@H]3[C@@H](O)C[C@]12C. The second kappa shape index (κ2) is 10.7. The Kier molecular flexibility index (Phi) is 7.44. The molecule has 0 amide bonds. The van der Waals surface area contributed by atoms with Gasteiger partial charge in [-0.2, -0.15) is 5.10 Å². The first kappa shape index (κ1) is 28.6. The lowest BCUT2D eigenvalue weighted by Crippen LogP contribution is -2.57. The molecule has 9 heteroatoms. The van der Waals surface area contributed by atoms with Gasteiger partial charge in [0.2, 0.25) is 0 Å². The summed E-state index contributed by atoms with van der Waals surface area (Å²) in [6.07, 6.45) is 9.00. The highest BCUT2D eigenvalue weighted by atomic mass is 32.2. The summed E-state index contributed by atoms with van der Waals surface area (Å²) in [4.78, 5) is 25.0. The molecule has 0 bridgehead atoms. The van der Waals surface area contributed by atoms with Crippen LogP contribution in [0.1, 0.15) is 64.1 Å². The van der Waals surface area contributed by atoms with Crippen LogP contribution in [0.2, 0.25) is 0 Å². The van der Waals surface area contributed by atoms with Crippen LogP contribution in [0.5, 0.6) is 0 Å². The van der Waals surface area contributed by atoms with Gasteiger partial charge >= 0.3 is 11.3 Å². The van der Waals surface area contributed by atoms with Crippen molar-refractivity contribution in [3.63, 3.8) is 0 Å². The molecular weight excluding hydrogens is 543 g/mol. The Labute approximate surface area is 244 Å². The number of benzene rings is 1. The molecule has 1 aromatic carbocycles. The lowest BCUT2D eigenvalue weighted by atomic mass is 9.45. The average molecular weight is 583 g/mol. The number of allylic oxidation sites excluding steroid dienone is 1. The van der Waals surface area contributed by atoms with Gasteiger partial charge in [-0.1, -0.05) is 26.3 Å². The molecule has 1 aromatic heterocycles. The highest BCUT2D eigenvalue weighted by Crippen LogP contribution is 2.67. The monoisotopic (exact) mass is 582 g/mol. The number of thioether (sulfide) groups is 1. The van der Waals surface area contributed by atoms with Crippen LogP contribution in [-0.4, -0.2) is 45.3 Å². The van der Waals surface area contributed by atoms with E-state index in [9.17, 15) is 19.1 Å². The van der Waals surface area contributed by atoms with Crippen molar-refractivity contribution >= 4 is 29.1 Å². The molecule has 4 aliphatic rings. The number of hydrogen-bond acceptors (Lipinski definition) is 7. The van der Waals surface area contributed by atoms with Crippen molar-refractivity contribution in [1.82, 2.24) is 9.78 Å². The fourth-order valence-corrected chi connectivity index (χ4v) is 9.66. The van der Waals surface area contributed by atoms with Gasteiger partial charge < -0.3 is 14.6 Å². The van der Waals surface area contributed by atoms with E-state index < -0.39 is 23.3 Å². The number of esters is 1. The zero-order chi connectivity index (χ0) is 29.1. The summed E-state index contributed by atoms with van der Waals surface area (Å²) in [5.74, 6) is -0.118. The van der Waals surface area contributed by atoms with Gasteiger partial charge in [0, 0.05) is 7.11 Å². The average Bonchev–Trinajstić information content (AvgIpc) is 3.49. The maximum atomic E-state index is 13.5. The summed E-state index contributed by atoms with van der Waals surface area (Å²) in [6.45, 7) is 6.44. The molecule has 2 unspecified atom stereocenters. The van der Waals surface area contributed by atoms with Gasteiger partial charge in [0.1, 0.15) is 11.8 Å². The Morgan fingerprint density at radius 2 is 1.98 bits per heavy atom. The fraction of sp³-hybridized carbons (Fsp3) is 0.594. The lowest BCUT2D eigenvalue weighted by Gasteiger charge is -2.60. The number of hydrogen-bond donors (Lipinski definition) is 1. The van der Waals surface area contributed by atoms with Gasteiger partial charge in [-0.15, -0.1) is 0 Å². The number of ether oxygens (including phenoxy) is 2. The van der Waals surface area contributed by atoms with Gasteiger partial charge in [0.15, 0.2) is 0 Å². The molecule has 1 N–H and O–H groups in total. The molecule has 0 radical (unpaired) electrons. The zero-order valence-corrected chi connectivity index (χ0v) is 25.0. The fourth-order valence-electron chi connectivity index (χ4n) is 9.31. The topological polar surface area (TPSA) is 90.7 Å². The lowest BCUT2D eigenvalue weighted by molar-refractivity contribution is -0.151. The minimum Gasteiger partial charge on any atom is -0.393 e. The molecule has 41 heavy (non-hydrogen) atoms. The van der Waals surface area contributed by atoms with E-state index in [2.05, 4.69) is 25.0 Å².